The number of ether oxygens (including phenoxy) is 1. The Kier molecular flexibility index (Phi) is 9.13. The molecular formula is C31H34ClF3N6O4. The average Bonchev–Trinajstić information content (AvgIpc) is 3.37. The van der Waals surface area contributed by atoms with E-state index in [1.54, 1.807) is 18.2 Å². The molecule has 240 valence electrons. The number of aromatic nitrogens is 2. The predicted octanol–water partition coefficient (Wildman–Crippen LogP) is 5.23. The number of hydrogen-bond donors (Lipinski definition) is 4. The highest BCUT2D eigenvalue weighted by Crippen LogP contribution is 2.46. The highest BCUT2D eigenvalue weighted by atomic mass is 35.5. The maximum Gasteiger partial charge on any atom is 0.429 e. The zero-order valence-electron chi connectivity index (χ0n) is 24.7. The number of nitrogens with one attached hydrogen (secondary N) is 2. The molecule has 2 aliphatic rings. The number of benzene rings is 2. The third kappa shape index (κ3) is 6.79. The monoisotopic (exact) mass is 646 g/mol. The molecule has 1 amide bonds. The second-order valence-electron chi connectivity index (χ2n) is 11.4. The minimum Gasteiger partial charge on any atom is -0.480 e. The van der Waals surface area contributed by atoms with Crippen LogP contribution in [0, 0.1) is 5.41 Å². The first kappa shape index (κ1) is 32.3. The quantitative estimate of drug-likeness (QED) is 0.259. The third-order valence-corrected chi connectivity index (χ3v) is 8.98. The van der Waals surface area contributed by atoms with E-state index in [0.717, 1.165) is 6.42 Å². The van der Waals surface area contributed by atoms with Gasteiger partial charge in [-0.1, -0.05) is 36.7 Å². The lowest BCUT2D eigenvalue weighted by atomic mass is 9.71. The molecule has 2 aromatic carbocycles. The first-order valence-electron chi connectivity index (χ1n) is 14.6. The van der Waals surface area contributed by atoms with E-state index in [0.29, 0.717) is 43.7 Å². The summed E-state index contributed by atoms with van der Waals surface area (Å²) in [6.07, 6.45) is -4.68. The Balaban J connectivity index is 1.43. The van der Waals surface area contributed by atoms with E-state index >= 15 is 0 Å². The molecule has 10 nitrogen and oxygen atoms in total. The first-order chi connectivity index (χ1) is 21.3. The molecule has 5 N–H and O–H groups in total. The van der Waals surface area contributed by atoms with Gasteiger partial charge in [-0.15, -0.1) is 0 Å². The predicted molar refractivity (Wildman–Crippen MR) is 163 cm³/mol. The lowest BCUT2D eigenvalue weighted by molar-refractivity contribution is -0.198. The zero-order chi connectivity index (χ0) is 32.5. The number of carboxylic acids is 1. The lowest BCUT2D eigenvalue weighted by Gasteiger charge is -2.43. The molecule has 5 rings (SSSR count). The molecule has 1 aromatic heterocycles. The molecule has 14 heteroatoms. The van der Waals surface area contributed by atoms with E-state index in [9.17, 15) is 27.9 Å². The van der Waals surface area contributed by atoms with Crippen LogP contribution in [0.4, 0.5) is 24.9 Å². The van der Waals surface area contributed by atoms with Gasteiger partial charge in [-0.25, -0.2) is 0 Å². The number of halogens is 4. The Morgan fingerprint density at radius 3 is 2.58 bits per heavy atom. The van der Waals surface area contributed by atoms with Crippen LogP contribution >= 0.6 is 11.6 Å². The molecule has 45 heavy (non-hydrogen) atoms. The van der Waals surface area contributed by atoms with E-state index in [1.807, 2.05) is 11.8 Å². The standard InChI is InChI=1S/C31H34ClF3N6O4/c1-3-23-30(16-22(38-23)28(43)44)9-11-41(12-10-30)24-15-25(40-29(36)39-24)45-26(31(33,34)35)20-8-7-19(32)14-21(20)17-5-4-6-18(13-17)27(42)37-2/h4-8,13-15,22-23,26,38H,3,9-12,16H2,1-2H3,(H,37,42)(H,43,44)(H2,36,39,40)/t22?,23?,26-/m1/s1. The van der Waals surface area contributed by atoms with E-state index in [1.165, 1.54) is 37.4 Å². The normalized spacial score (nSPS) is 20.2. The Labute approximate surface area is 263 Å². The van der Waals surface area contributed by atoms with Crippen molar-refractivity contribution in [3.05, 3.63) is 64.7 Å². The third-order valence-electron chi connectivity index (χ3n) is 8.74. The van der Waals surface area contributed by atoms with Gasteiger partial charge in [-0.2, -0.15) is 23.1 Å². The molecule has 1 spiro atoms. The van der Waals surface area contributed by atoms with Gasteiger partial charge in [0.1, 0.15) is 11.9 Å². The number of aliphatic carboxylic acids is 1. The number of rotatable bonds is 8. The van der Waals surface area contributed by atoms with Crippen molar-refractivity contribution < 1.29 is 32.6 Å². The van der Waals surface area contributed by atoms with Crippen LogP contribution in [0.25, 0.3) is 11.1 Å². The van der Waals surface area contributed by atoms with Gasteiger partial charge in [0.05, 0.1) is 0 Å². The van der Waals surface area contributed by atoms with Crippen molar-refractivity contribution in [2.45, 2.75) is 57.0 Å². The molecule has 2 fully saturated rings. The second kappa shape index (κ2) is 12.7. The Morgan fingerprint density at radius 2 is 1.93 bits per heavy atom. The first-order valence-corrected chi connectivity index (χ1v) is 14.9. The topological polar surface area (TPSA) is 143 Å². The lowest BCUT2D eigenvalue weighted by Crippen LogP contribution is -2.46. The maximum atomic E-state index is 14.7. The van der Waals surface area contributed by atoms with Crippen LogP contribution in [-0.4, -0.2) is 65.3 Å². The number of nitrogen functional groups attached to an aromatic ring is 1. The number of hydrogen-bond acceptors (Lipinski definition) is 8. The molecule has 0 aliphatic carbocycles. The van der Waals surface area contributed by atoms with Crippen molar-refractivity contribution in [1.82, 2.24) is 20.6 Å². The average molecular weight is 647 g/mol. The van der Waals surface area contributed by atoms with Gasteiger partial charge in [0, 0.05) is 48.4 Å². The molecule has 3 atom stereocenters. The summed E-state index contributed by atoms with van der Waals surface area (Å²) in [5, 5.41) is 15.5. The molecule has 0 bridgehead atoms. The molecule has 0 saturated carbocycles. The summed E-state index contributed by atoms with van der Waals surface area (Å²) in [6.45, 7) is 3.03. The van der Waals surface area contributed by atoms with E-state index in [-0.39, 0.29) is 45.0 Å². The van der Waals surface area contributed by atoms with Crippen molar-refractivity contribution in [3.8, 4) is 17.0 Å². The van der Waals surface area contributed by atoms with Crippen molar-refractivity contribution >= 4 is 35.2 Å². The summed E-state index contributed by atoms with van der Waals surface area (Å²) in [5.41, 5.74) is 6.27. The number of piperidine rings is 1. The molecular weight excluding hydrogens is 613 g/mol. The fourth-order valence-corrected chi connectivity index (χ4v) is 6.70. The van der Waals surface area contributed by atoms with E-state index in [2.05, 4.69) is 20.6 Å². The minimum atomic E-state index is -4.87. The molecule has 3 aromatic rings. The van der Waals surface area contributed by atoms with E-state index < -0.39 is 30.2 Å². The van der Waals surface area contributed by atoms with Gasteiger partial charge in [0.2, 0.25) is 17.9 Å². The molecule has 0 radical (unpaired) electrons. The molecule has 2 unspecified atom stereocenters. The number of amides is 1. The molecule has 2 saturated heterocycles. The second-order valence-corrected chi connectivity index (χ2v) is 11.9. The number of nitrogens with zero attached hydrogens (tertiary/aromatic N) is 3. The number of carbonyl (C=O) groups is 2. The van der Waals surface area contributed by atoms with Gasteiger partial charge in [-0.3, -0.25) is 9.59 Å². The fraction of sp³-hybridized carbons (Fsp3) is 0.419. The van der Waals surface area contributed by atoms with Crippen molar-refractivity contribution in [1.29, 1.82) is 0 Å². The Bertz CT molecular complexity index is 1580. The Hall–Kier alpha value is -4.10. The van der Waals surface area contributed by atoms with Crippen LogP contribution in [0.1, 0.15) is 54.6 Å². The number of anilines is 2. The van der Waals surface area contributed by atoms with Crippen molar-refractivity contribution in [2.75, 3.05) is 30.8 Å². The summed E-state index contributed by atoms with van der Waals surface area (Å²) >= 11 is 6.21. The summed E-state index contributed by atoms with van der Waals surface area (Å²) in [4.78, 5) is 34.0. The van der Waals surface area contributed by atoms with Gasteiger partial charge in [0.15, 0.2) is 0 Å². The number of alkyl halides is 3. The van der Waals surface area contributed by atoms with E-state index in [4.69, 9.17) is 22.1 Å². The molecule has 3 heterocycles. The van der Waals surface area contributed by atoms with Crippen LogP contribution in [0.2, 0.25) is 5.02 Å². The highest BCUT2D eigenvalue weighted by molar-refractivity contribution is 6.30. The van der Waals surface area contributed by atoms with Crippen LogP contribution < -0.4 is 26.0 Å². The van der Waals surface area contributed by atoms with Crippen LogP contribution in [0.15, 0.2) is 48.5 Å². The number of nitrogens with two attached hydrogens (primary N) is 1. The maximum absolute atomic E-state index is 14.7. The van der Waals surface area contributed by atoms with Gasteiger partial charge in [-0.05, 0) is 66.5 Å². The minimum absolute atomic E-state index is 0.0493. The fourth-order valence-electron chi connectivity index (χ4n) is 6.53. The summed E-state index contributed by atoms with van der Waals surface area (Å²) in [7, 11) is 1.46. The van der Waals surface area contributed by atoms with Crippen LogP contribution in [-0.2, 0) is 4.79 Å². The zero-order valence-corrected chi connectivity index (χ0v) is 25.5. The van der Waals surface area contributed by atoms with Crippen molar-refractivity contribution in [2.24, 2.45) is 5.41 Å². The smallest absolute Gasteiger partial charge is 0.429 e. The van der Waals surface area contributed by atoms with Gasteiger partial charge >= 0.3 is 12.1 Å². The summed E-state index contributed by atoms with van der Waals surface area (Å²) < 4.78 is 49.6. The number of carbonyl (C=O) groups excluding carboxylic acids is 1. The van der Waals surface area contributed by atoms with Crippen molar-refractivity contribution in [3.63, 3.8) is 0 Å². The van der Waals surface area contributed by atoms with Crippen LogP contribution in [0.3, 0.4) is 0 Å². The summed E-state index contributed by atoms with van der Waals surface area (Å²) in [6, 6.07) is 10.9. The molecule has 2 aliphatic heterocycles. The van der Waals surface area contributed by atoms with Gasteiger partial charge in [0.25, 0.3) is 5.91 Å². The largest absolute Gasteiger partial charge is 0.480 e. The van der Waals surface area contributed by atoms with Gasteiger partial charge < -0.3 is 31.1 Å². The van der Waals surface area contributed by atoms with Crippen LogP contribution in [0.5, 0.6) is 5.88 Å². The highest BCUT2D eigenvalue weighted by Gasteiger charge is 2.50. The SMILES string of the molecule is CCC1NC(C(=O)O)CC12CCN(c1cc(O[C@H](c3ccc(Cl)cc3-c3cccc(C(=O)NC)c3)C(F)(F)F)nc(N)n1)CC2. The number of carboxylic acid groups (broad SMARTS) is 1. The summed E-state index contributed by atoms with van der Waals surface area (Å²) in [5.74, 6) is -1.57. The Morgan fingerprint density at radius 1 is 1.20 bits per heavy atom.